The number of aromatic amines is 1. The van der Waals surface area contributed by atoms with Crippen LogP contribution in [0.2, 0.25) is 0 Å². The first kappa shape index (κ1) is 9.14. The zero-order valence-electron chi connectivity index (χ0n) is 7.73. The molecule has 0 spiro atoms. The molecule has 0 aliphatic rings. The van der Waals surface area contributed by atoms with Crippen molar-refractivity contribution < 1.29 is 4.52 Å². The van der Waals surface area contributed by atoms with Gasteiger partial charge in [0.2, 0.25) is 0 Å². The Morgan fingerprint density at radius 3 is 3.14 bits per heavy atom. The maximum atomic E-state index is 5.11. The Hall–Kier alpha value is -1.43. The molecular weight excluding hydrogens is 200 g/mol. The topological polar surface area (TPSA) is 59.6 Å². The van der Waals surface area contributed by atoms with Gasteiger partial charge in [0, 0.05) is 6.54 Å². The quantitative estimate of drug-likeness (QED) is 0.787. The fourth-order valence-corrected chi connectivity index (χ4v) is 1.51. The summed E-state index contributed by atoms with van der Waals surface area (Å²) in [4.78, 5) is 0. The summed E-state index contributed by atoms with van der Waals surface area (Å²) in [6.45, 7) is 2.93. The van der Waals surface area contributed by atoms with Gasteiger partial charge in [-0.25, -0.2) is 0 Å². The lowest BCUT2D eigenvalue weighted by atomic mass is 10.3. The SMILES string of the molecule is CCCn1c(-c2cnoc2)n[nH]c1=S. The van der Waals surface area contributed by atoms with Gasteiger partial charge >= 0.3 is 0 Å². The number of hydrogen-bond donors (Lipinski definition) is 1. The average molecular weight is 210 g/mol. The Morgan fingerprint density at radius 2 is 2.50 bits per heavy atom. The molecule has 1 N–H and O–H groups in total. The molecule has 6 heteroatoms. The highest BCUT2D eigenvalue weighted by Gasteiger charge is 2.09. The zero-order valence-corrected chi connectivity index (χ0v) is 8.54. The highest BCUT2D eigenvalue weighted by molar-refractivity contribution is 7.71. The Kier molecular flexibility index (Phi) is 2.45. The molecule has 2 heterocycles. The molecule has 0 aliphatic carbocycles. The summed E-state index contributed by atoms with van der Waals surface area (Å²) < 4.78 is 7.32. The van der Waals surface area contributed by atoms with E-state index in [1.807, 2.05) is 4.57 Å². The Balaban J connectivity index is 2.48. The van der Waals surface area contributed by atoms with Crippen molar-refractivity contribution in [2.45, 2.75) is 19.9 Å². The van der Waals surface area contributed by atoms with Gasteiger partial charge in [0.25, 0.3) is 0 Å². The van der Waals surface area contributed by atoms with Crippen LogP contribution in [-0.2, 0) is 6.54 Å². The predicted molar refractivity (Wildman–Crippen MR) is 53.2 cm³/mol. The lowest BCUT2D eigenvalue weighted by Gasteiger charge is -2.01. The largest absolute Gasteiger partial charge is 0.364 e. The van der Waals surface area contributed by atoms with Gasteiger partial charge in [-0.3, -0.25) is 5.10 Å². The lowest BCUT2D eigenvalue weighted by Crippen LogP contribution is -1.99. The fourth-order valence-electron chi connectivity index (χ4n) is 1.28. The van der Waals surface area contributed by atoms with E-state index < -0.39 is 0 Å². The summed E-state index contributed by atoms with van der Waals surface area (Å²) in [5.41, 5.74) is 0.839. The van der Waals surface area contributed by atoms with Crippen molar-refractivity contribution in [2.24, 2.45) is 0 Å². The fraction of sp³-hybridized carbons (Fsp3) is 0.375. The van der Waals surface area contributed by atoms with E-state index in [2.05, 4.69) is 22.3 Å². The molecule has 74 valence electrons. The lowest BCUT2D eigenvalue weighted by molar-refractivity contribution is 0.420. The summed E-state index contributed by atoms with van der Waals surface area (Å²) in [5, 5.41) is 10.5. The first-order valence-electron chi connectivity index (χ1n) is 4.38. The number of nitrogens with one attached hydrogen (secondary N) is 1. The number of rotatable bonds is 3. The van der Waals surface area contributed by atoms with Crippen LogP contribution in [-0.4, -0.2) is 19.9 Å². The van der Waals surface area contributed by atoms with Crippen molar-refractivity contribution in [3.05, 3.63) is 17.2 Å². The van der Waals surface area contributed by atoms with Crippen LogP contribution in [0.5, 0.6) is 0 Å². The molecule has 2 rings (SSSR count). The standard InChI is InChI=1S/C8H10N4OS/c1-2-3-12-7(10-11-8(12)14)6-4-9-13-5-6/h4-5H,2-3H2,1H3,(H,11,14). The van der Waals surface area contributed by atoms with Gasteiger partial charge in [-0.15, -0.1) is 0 Å². The summed E-state index contributed by atoms with van der Waals surface area (Å²) >= 11 is 5.11. The molecule has 0 bridgehead atoms. The van der Waals surface area contributed by atoms with E-state index in [0.717, 1.165) is 24.4 Å². The molecule has 0 fully saturated rings. The molecule has 2 aromatic rings. The van der Waals surface area contributed by atoms with Crippen LogP contribution in [0.25, 0.3) is 11.4 Å². The molecular formula is C8H10N4OS. The van der Waals surface area contributed by atoms with Crippen LogP contribution in [0, 0.1) is 4.77 Å². The Bertz CT molecular complexity index is 456. The molecule has 0 atom stereocenters. The highest BCUT2D eigenvalue weighted by Crippen LogP contribution is 2.16. The first-order valence-corrected chi connectivity index (χ1v) is 4.78. The molecule has 14 heavy (non-hydrogen) atoms. The van der Waals surface area contributed by atoms with E-state index >= 15 is 0 Å². The second kappa shape index (κ2) is 3.75. The van der Waals surface area contributed by atoms with E-state index in [0.29, 0.717) is 4.77 Å². The van der Waals surface area contributed by atoms with Crippen molar-refractivity contribution in [3.63, 3.8) is 0 Å². The molecule has 0 aromatic carbocycles. The molecule has 0 saturated heterocycles. The van der Waals surface area contributed by atoms with Gasteiger partial charge < -0.3 is 9.09 Å². The third kappa shape index (κ3) is 1.48. The van der Waals surface area contributed by atoms with Gasteiger partial charge in [-0.05, 0) is 18.6 Å². The van der Waals surface area contributed by atoms with Crippen LogP contribution >= 0.6 is 12.2 Å². The van der Waals surface area contributed by atoms with E-state index in [1.165, 1.54) is 0 Å². The van der Waals surface area contributed by atoms with E-state index in [-0.39, 0.29) is 0 Å². The maximum absolute atomic E-state index is 5.11. The Labute approximate surface area is 85.7 Å². The van der Waals surface area contributed by atoms with Crippen LogP contribution in [0.4, 0.5) is 0 Å². The molecule has 0 amide bonds. The second-order valence-electron chi connectivity index (χ2n) is 2.92. The summed E-state index contributed by atoms with van der Waals surface area (Å²) in [5.74, 6) is 0.776. The number of nitrogens with zero attached hydrogens (tertiary/aromatic N) is 3. The Morgan fingerprint density at radius 1 is 1.64 bits per heavy atom. The van der Waals surface area contributed by atoms with Crippen molar-refractivity contribution in [1.82, 2.24) is 19.9 Å². The summed E-state index contributed by atoms with van der Waals surface area (Å²) in [6, 6.07) is 0. The van der Waals surface area contributed by atoms with Gasteiger partial charge in [0.05, 0.1) is 11.8 Å². The minimum atomic E-state index is 0.628. The smallest absolute Gasteiger partial charge is 0.195 e. The predicted octanol–water partition coefficient (Wildman–Crippen LogP) is 2.01. The van der Waals surface area contributed by atoms with Crippen LogP contribution in [0.3, 0.4) is 0 Å². The van der Waals surface area contributed by atoms with Gasteiger partial charge in [0.1, 0.15) is 6.26 Å². The first-order chi connectivity index (χ1) is 6.83. The number of aromatic nitrogens is 4. The summed E-state index contributed by atoms with van der Waals surface area (Å²) in [6.07, 6.45) is 4.18. The van der Waals surface area contributed by atoms with Crippen molar-refractivity contribution in [3.8, 4) is 11.4 Å². The van der Waals surface area contributed by atoms with Gasteiger partial charge in [-0.2, -0.15) is 5.10 Å². The minimum absolute atomic E-state index is 0.628. The zero-order chi connectivity index (χ0) is 9.97. The maximum Gasteiger partial charge on any atom is 0.195 e. The molecule has 0 unspecified atom stereocenters. The molecule has 5 nitrogen and oxygen atoms in total. The normalized spacial score (nSPS) is 10.6. The molecule has 0 aliphatic heterocycles. The van der Waals surface area contributed by atoms with Crippen LogP contribution in [0.1, 0.15) is 13.3 Å². The van der Waals surface area contributed by atoms with Crippen LogP contribution in [0.15, 0.2) is 17.0 Å². The second-order valence-corrected chi connectivity index (χ2v) is 3.30. The van der Waals surface area contributed by atoms with Gasteiger partial charge in [-0.1, -0.05) is 12.1 Å². The van der Waals surface area contributed by atoms with Crippen molar-refractivity contribution in [1.29, 1.82) is 0 Å². The molecule has 0 saturated carbocycles. The van der Waals surface area contributed by atoms with E-state index in [9.17, 15) is 0 Å². The molecule has 2 aromatic heterocycles. The highest BCUT2D eigenvalue weighted by atomic mass is 32.1. The number of H-pyrrole nitrogens is 1. The van der Waals surface area contributed by atoms with E-state index in [4.69, 9.17) is 16.7 Å². The third-order valence-electron chi connectivity index (χ3n) is 1.90. The summed E-state index contributed by atoms with van der Waals surface area (Å²) in [7, 11) is 0. The third-order valence-corrected chi connectivity index (χ3v) is 2.21. The average Bonchev–Trinajstić information content (AvgIpc) is 2.77. The van der Waals surface area contributed by atoms with E-state index in [1.54, 1.807) is 12.5 Å². The van der Waals surface area contributed by atoms with Crippen LogP contribution < -0.4 is 0 Å². The minimum Gasteiger partial charge on any atom is -0.364 e. The van der Waals surface area contributed by atoms with Gasteiger partial charge in [0.15, 0.2) is 10.6 Å². The van der Waals surface area contributed by atoms with Crippen molar-refractivity contribution >= 4 is 12.2 Å². The number of hydrogen-bond acceptors (Lipinski definition) is 4. The monoisotopic (exact) mass is 210 g/mol. The molecule has 0 radical (unpaired) electrons. The van der Waals surface area contributed by atoms with Crippen molar-refractivity contribution in [2.75, 3.05) is 0 Å².